The molecule has 0 N–H and O–H groups in total. The maximum atomic E-state index is 14.1. The maximum Gasteiger partial charge on any atom is 0.415 e. The van der Waals surface area contributed by atoms with Crippen LogP contribution in [0, 0.1) is 53.7 Å². The number of benzene rings is 8. The van der Waals surface area contributed by atoms with Gasteiger partial charge in [0.15, 0.2) is 17.1 Å². The number of rotatable bonds is 5. The minimum Gasteiger partial charge on any atom is -0.308 e. The van der Waals surface area contributed by atoms with E-state index in [1.165, 1.54) is 18.2 Å². The number of para-hydroxylation sites is 2. The molecule has 0 atom stereocenters. The molecule has 11 heteroatoms. The molecular formula is C55H25F3N8. The van der Waals surface area contributed by atoms with Gasteiger partial charge in [-0.25, -0.2) is 14.5 Å². The minimum atomic E-state index is -4.70. The summed E-state index contributed by atoms with van der Waals surface area (Å²) in [5, 5.41) is 34.5. The van der Waals surface area contributed by atoms with Crippen molar-refractivity contribution in [2.24, 2.45) is 0 Å². The highest BCUT2D eigenvalue weighted by molar-refractivity contribution is 6.12. The van der Waals surface area contributed by atoms with Gasteiger partial charge < -0.3 is 9.13 Å². The molecule has 10 aromatic rings. The van der Waals surface area contributed by atoms with Crippen molar-refractivity contribution in [3.8, 4) is 63.0 Å². The molecule has 0 aliphatic heterocycles. The van der Waals surface area contributed by atoms with Crippen molar-refractivity contribution in [2.75, 3.05) is 0 Å². The summed E-state index contributed by atoms with van der Waals surface area (Å²) in [5.74, 6) is 0. The molecule has 0 radical (unpaired) electrons. The fourth-order valence-corrected chi connectivity index (χ4v) is 8.91. The molecule has 0 bridgehead atoms. The smallest absolute Gasteiger partial charge is 0.308 e. The average molecular weight is 855 g/mol. The average Bonchev–Trinajstić information content (AvgIpc) is 3.86. The van der Waals surface area contributed by atoms with Crippen molar-refractivity contribution in [3.63, 3.8) is 0 Å². The second-order valence-corrected chi connectivity index (χ2v) is 15.5. The van der Waals surface area contributed by atoms with Crippen LogP contribution in [0.3, 0.4) is 0 Å². The monoisotopic (exact) mass is 854 g/mol. The summed E-state index contributed by atoms with van der Waals surface area (Å²) < 4.78 is 46.2. The summed E-state index contributed by atoms with van der Waals surface area (Å²) in [5.41, 5.74) is 6.95. The van der Waals surface area contributed by atoms with Gasteiger partial charge in [0.2, 0.25) is 0 Å². The van der Waals surface area contributed by atoms with Crippen LogP contribution in [0.5, 0.6) is 0 Å². The Morgan fingerprint density at radius 2 is 0.924 bits per heavy atom. The lowest BCUT2D eigenvalue weighted by molar-refractivity contribution is -0.137. The molecule has 0 aliphatic rings. The summed E-state index contributed by atoms with van der Waals surface area (Å²) in [6.07, 6.45) is -4.70. The Labute approximate surface area is 374 Å². The molecule has 0 unspecified atom stereocenters. The third-order valence-electron chi connectivity index (χ3n) is 11.8. The second kappa shape index (κ2) is 15.5. The second-order valence-electron chi connectivity index (χ2n) is 15.5. The van der Waals surface area contributed by atoms with Crippen molar-refractivity contribution < 1.29 is 13.2 Å². The maximum absolute atomic E-state index is 14.1. The van der Waals surface area contributed by atoms with Crippen molar-refractivity contribution in [1.82, 2.24) is 9.13 Å². The van der Waals surface area contributed by atoms with Gasteiger partial charge in [-0.3, -0.25) is 0 Å². The van der Waals surface area contributed by atoms with Crippen LogP contribution >= 0.6 is 0 Å². The number of aromatic nitrogens is 2. The van der Waals surface area contributed by atoms with Gasteiger partial charge in [-0.05, 0) is 112 Å². The molecule has 8 nitrogen and oxygen atoms in total. The van der Waals surface area contributed by atoms with E-state index in [0.717, 1.165) is 33.7 Å². The zero-order chi connectivity index (χ0) is 45.9. The summed E-state index contributed by atoms with van der Waals surface area (Å²) in [7, 11) is 0. The van der Waals surface area contributed by atoms with E-state index in [1.54, 1.807) is 36.4 Å². The lowest BCUT2D eigenvalue weighted by Crippen LogP contribution is -2.06. The highest BCUT2D eigenvalue weighted by Gasteiger charge is 2.31. The number of nitriles is 3. The Kier molecular flexibility index (Phi) is 9.41. The van der Waals surface area contributed by atoms with Crippen molar-refractivity contribution in [2.45, 2.75) is 6.18 Å². The Morgan fingerprint density at radius 3 is 1.36 bits per heavy atom. The predicted molar refractivity (Wildman–Crippen MR) is 249 cm³/mol. The molecule has 0 fully saturated rings. The predicted octanol–water partition coefficient (Wildman–Crippen LogP) is 15.2. The zero-order valence-electron chi connectivity index (χ0n) is 34.1. The van der Waals surface area contributed by atoms with Crippen LogP contribution in [0.15, 0.2) is 152 Å². The van der Waals surface area contributed by atoms with Crippen LogP contribution in [0.1, 0.15) is 22.3 Å². The number of alkyl halides is 3. The van der Waals surface area contributed by atoms with E-state index in [4.69, 9.17) is 19.7 Å². The number of nitrogens with zero attached hydrogens (tertiary/aromatic N) is 8. The van der Waals surface area contributed by atoms with Gasteiger partial charge in [0.1, 0.15) is 11.6 Å². The van der Waals surface area contributed by atoms with Gasteiger partial charge in [-0.2, -0.15) is 29.0 Å². The van der Waals surface area contributed by atoms with Crippen LogP contribution in [-0.4, -0.2) is 9.13 Å². The molecular weight excluding hydrogens is 830 g/mol. The number of hydrogen-bond donors (Lipinski definition) is 0. The van der Waals surface area contributed by atoms with Crippen LogP contribution in [0.2, 0.25) is 0 Å². The van der Waals surface area contributed by atoms with Crippen LogP contribution in [0.4, 0.5) is 30.2 Å². The lowest BCUT2D eigenvalue weighted by atomic mass is 9.97. The molecule has 2 heterocycles. The van der Waals surface area contributed by atoms with E-state index < -0.39 is 11.7 Å². The van der Waals surface area contributed by atoms with Gasteiger partial charge in [0, 0.05) is 38.2 Å². The number of hydrogen-bond acceptors (Lipinski definition) is 3. The largest absolute Gasteiger partial charge is 0.415 e. The first-order valence-corrected chi connectivity index (χ1v) is 20.2. The first-order chi connectivity index (χ1) is 32.0. The normalized spacial score (nSPS) is 11.2. The van der Waals surface area contributed by atoms with Crippen molar-refractivity contribution in [3.05, 3.63) is 208 Å². The number of halogens is 3. The van der Waals surface area contributed by atoms with E-state index in [1.807, 2.05) is 94.1 Å². The summed E-state index contributed by atoms with van der Waals surface area (Å²) >= 11 is 0. The molecule has 8 aromatic carbocycles. The van der Waals surface area contributed by atoms with E-state index >= 15 is 0 Å². The first kappa shape index (κ1) is 40.2. The zero-order valence-corrected chi connectivity index (χ0v) is 34.1. The van der Waals surface area contributed by atoms with Crippen LogP contribution < -0.4 is 0 Å². The molecule has 0 aliphatic carbocycles. The summed E-state index contributed by atoms with van der Waals surface area (Å²) in [6.45, 7) is 23.4. The Hall–Kier alpha value is -9.91. The molecule has 306 valence electrons. The third kappa shape index (κ3) is 6.51. The Bertz CT molecular complexity index is 3740. The molecule has 66 heavy (non-hydrogen) atoms. The van der Waals surface area contributed by atoms with E-state index in [0.29, 0.717) is 83.8 Å². The van der Waals surface area contributed by atoms with Crippen molar-refractivity contribution in [1.29, 1.82) is 15.8 Å². The Balaban J connectivity index is 1.34. The molecule has 0 spiro atoms. The SMILES string of the molecule is [C-]#[N+]c1cc(C#N)cc(-c2ccc3c4ccccc4n(-c4cc(-c5ccc(C(F)(F)F)cc5[N+]#[C-])cc(-n5c6ccccc6c6ccc(-c7cc(C#N)cc([N+]#[C-])c7)cc65)c4C#N)c3c2)c1. The molecule has 10 rings (SSSR count). The van der Waals surface area contributed by atoms with Crippen LogP contribution in [0.25, 0.3) is 103 Å². The highest BCUT2D eigenvalue weighted by Crippen LogP contribution is 2.44. The van der Waals surface area contributed by atoms with Gasteiger partial charge in [-0.15, -0.1) is 0 Å². The van der Waals surface area contributed by atoms with E-state index in [2.05, 4.69) is 32.7 Å². The highest BCUT2D eigenvalue weighted by atomic mass is 19.4. The number of fused-ring (bicyclic) bond motifs is 6. The van der Waals surface area contributed by atoms with Gasteiger partial charge in [-0.1, -0.05) is 72.8 Å². The van der Waals surface area contributed by atoms with E-state index in [9.17, 15) is 29.0 Å². The van der Waals surface area contributed by atoms with Gasteiger partial charge in [0.25, 0.3) is 0 Å². The minimum absolute atomic E-state index is 0.208. The summed E-state index contributed by atoms with van der Waals surface area (Å²) in [6, 6.07) is 50.0. The van der Waals surface area contributed by atoms with Crippen molar-refractivity contribution >= 4 is 60.7 Å². The molecule has 0 amide bonds. The van der Waals surface area contributed by atoms with Crippen LogP contribution in [-0.2, 0) is 6.18 Å². The lowest BCUT2D eigenvalue weighted by Gasteiger charge is -2.19. The molecule has 2 aromatic heterocycles. The van der Waals surface area contributed by atoms with E-state index in [-0.39, 0.29) is 16.8 Å². The quantitative estimate of drug-likeness (QED) is 0.161. The summed E-state index contributed by atoms with van der Waals surface area (Å²) in [4.78, 5) is 10.7. The third-order valence-corrected chi connectivity index (χ3v) is 11.8. The standard InChI is InChI=1S/C55H25F3N8/c1-62-40-20-32(29-59)18-36(22-40)34-12-15-45-43-8-4-6-10-49(43)65(51(45)24-34)53-26-38(42-17-14-39(55(56,57)58)28-48(42)64-3)27-54(47(53)31-61)66-50-11-7-5-9-44(50)46-16-13-35(25-52(46)66)37-19-33(30-60)21-41(23-37)63-2/h4-28H. The molecule has 0 saturated carbocycles. The van der Waals surface area contributed by atoms with Gasteiger partial charge in [0.05, 0.1) is 65.3 Å². The first-order valence-electron chi connectivity index (χ1n) is 20.2. The van der Waals surface area contributed by atoms with Gasteiger partial charge >= 0.3 is 6.18 Å². The Morgan fingerprint density at radius 1 is 0.439 bits per heavy atom. The fraction of sp³-hybridized carbons (Fsp3) is 0.0182. The molecule has 0 saturated heterocycles. The topological polar surface area (TPSA) is 94.3 Å². The fourth-order valence-electron chi connectivity index (χ4n) is 8.91.